The summed E-state index contributed by atoms with van der Waals surface area (Å²) >= 11 is 0. The largest absolute Gasteiger partial charge is 0.495 e. The third-order valence-electron chi connectivity index (χ3n) is 4.46. The molecule has 0 aromatic heterocycles. The first-order valence-electron chi connectivity index (χ1n) is 8.48. The van der Waals surface area contributed by atoms with E-state index in [0.717, 1.165) is 17.7 Å². The molecule has 0 bridgehead atoms. The Bertz CT molecular complexity index is 940. The molecule has 0 fully saturated rings. The van der Waals surface area contributed by atoms with Gasteiger partial charge in [0.15, 0.2) is 0 Å². The number of carbonyl (C=O) groups excluding carboxylic acids is 1. The van der Waals surface area contributed by atoms with Crippen molar-refractivity contribution in [2.45, 2.75) is 31.2 Å². The average molecular weight is 374 g/mol. The molecule has 0 saturated heterocycles. The fourth-order valence-corrected chi connectivity index (χ4v) is 4.54. The minimum Gasteiger partial charge on any atom is -0.495 e. The van der Waals surface area contributed by atoms with E-state index in [9.17, 15) is 13.2 Å². The molecule has 138 valence electrons. The Labute approximate surface area is 153 Å². The van der Waals surface area contributed by atoms with Crippen LogP contribution in [-0.4, -0.2) is 34.0 Å². The molecule has 26 heavy (non-hydrogen) atoms. The smallest absolute Gasteiger partial charge is 0.258 e. The van der Waals surface area contributed by atoms with E-state index in [1.165, 1.54) is 19.2 Å². The van der Waals surface area contributed by atoms with E-state index in [0.29, 0.717) is 5.56 Å². The lowest BCUT2D eigenvalue weighted by Crippen LogP contribution is -2.36. The maximum atomic E-state index is 13.1. The lowest BCUT2D eigenvalue weighted by Gasteiger charge is -2.23. The molecule has 1 heterocycles. The Kier molecular flexibility index (Phi) is 5.02. The predicted octanol–water partition coefficient (Wildman–Crippen LogP) is 2.58. The topological polar surface area (TPSA) is 75.7 Å². The highest BCUT2D eigenvalue weighted by Crippen LogP contribution is 2.34. The minimum atomic E-state index is -3.75. The summed E-state index contributed by atoms with van der Waals surface area (Å²) < 4.78 is 32.5. The minimum absolute atomic E-state index is 0.0100. The molecule has 0 radical (unpaired) electrons. The van der Waals surface area contributed by atoms with E-state index < -0.39 is 10.0 Å². The number of fused-ring (bicyclic) bond motifs is 1. The van der Waals surface area contributed by atoms with Gasteiger partial charge in [0.25, 0.3) is 5.91 Å². The van der Waals surface area contributed by atoms with Crippen LogP contribution < -0.4 is 14.4 Å². The first kappa shape index (κ1) is 18.4. The third-order valence-corrected chi connectivity index (χ3v) is 6.03. The number of benzene rings is 2. The van der Waals surface area contributed by atoms with Crippen LogP contribution in [0.4, 0.5) is 5.69 Å². The number of para-hydroxylation sites is 1. The summed E-state index contributed by atoms with van der Waals surface area (Å²) in [5.41, 5.74) is 2.30. The van der Waals surface area contributed by atoms with Crippen LogP contribution in [-0.2, 0) is 16.4 Å². The van der Waals surface area contributed by atoms with Crippen molar-refractivity contribution in [2.24, 2.45) is 0 Å². The lowest BCUT2D eigenvalue weighted by molar-refractivity contribution is 0.0981. The molecule has 0 aliphatic carbocycles. The Balaban J connectivity index is 2.04. The molecule has 1 amide bonds. The van der Waals surface area contributed by atoms with Crippen LogP contribution in [0.1, 0.15) is 29.8 Å². The number of sulfonamides is 1. The van der Waals surface area contributed by atoms with Crippen molar-refractivity contribution in [3.63, 3.8) is 0 Å². The SMILES string of the molecule is CCNS(=O)(=O)c1cc(C(=O)N2c3ccccc3C[C@H]2C)ccc1OC. The zero-order valence-corrected chi connectivity index (χ0v) is 15.8. The van der Waals surface area contributed by atoms with E-state index in [2.05, 4.69) is 4.72 Å². The quantitative estimate of drug-likeness (QED) is 0.873. The van der Waals surface area contributed by atoms with Gasteiger partial charge in [-0.25, -0.2) is 13.1 Å². The first-order valence-corrected chi connectivity index (χ1v) is 9.96. The highest BCUT2D eigenvalue weighted by atomic mass is 32.2. The van der Waals surface area contributed by atoms with Gasteiger partial charge in [-0.2, -0.15) is 0 Å². The Morgan fingerprint density at radius 1 is 1.27 bits per heavy atom. The number of nitrogens with one attached hydrogen (secondary N) is 1. The maximum Gasteiger partial charge on any atom is 0.258 e. The van der Waals surface area contributed by atoms with Gasteiger partial charge in [0.05, 0.1) is 7.11 Å². The molecule has 2 aromatic carbocycles. The fourth-order valence-electron chi connectivity index (χ4n) is 3.30. The second kappa shape index (κ2) is 7.09. The van der Waals surface area contributed by atoms with Crippen molar-refractivity contribution in [1.82, 2.24) is 4.72 Å². The number of hydrogen-bond donors (Lipinski definition) is 1. The number of hydrogen-bond acceptors (Lipinski definition) is 4. The molecule has 2 aromatic rings. The number of methoxy groups -OCH3 is 1. The number of anilines is 1. The monoisotopic (exact) mass is 374 g/mol. The maximum absolute atomic E-state index is 13.1. The van der Waals surface area contributed by atoms with Crippen molar-refractivity contribution in [1.29, 1.82) is 0 Å². The van der Waals surface area contributed by atoms with Crippen molar-refractivity contribution in [3.8, 4) is 5.75 Å². The molecule has 0 spiro atoms. The Hall–Kier alpha value is -2.38. The van der Waals surface area contributed by atoms with Crippen LogP contribution >= 0.6 is 0 Å². The summed E-state index contributed by atoms with van der Waals surface area (Å²) in [6.45, 7) is 3.93. The molecular formula is C19H22N2O4S. The van der Waals surface area contributed by atoms with Crippen molar-refractivity contribution in [3.05, 3.63) is 53.6 Å². The standard InChI is InChI=1S/C19H22N2O4S/c1-4-20-26(23,24)18-12-15(9-10-17(18)25-3)19(22)21-13(2)11-14-7-5-6-8-16(14)21/h5-10,12-13,20H,4,11H2,1-3H3/t13-/m1/s1. The van der Waals surface area contributed by atoms with E-state index in [1.54, 1.807) is 17.9 Å². The number of rotatable bonds is 5. The average Bonchev–Trinajstić information content (AvgIpc) is 2.96. The molecule has 6 nitrogen and oxygen atoms in total. The fraction of sp³-hybridized carbons (Fsp3) is 0.316. The summed E-state index contributed by atoms with van der Waals surface area (Å²) in [7, 11) is -2.35. The predicted molar refractivity (Wildman–Crippen MR) is 100 cm³/mol. The van der Waals surface area contributed by atoms with E-state index in [1.807, 2.05) is 31.2 Å². The van der Waals surface area contributed by atoms with Gasteiger partial charge in [-0.1, -0.05) is 25.1 Å². The van der Waals surface area contributed by atoms with Crippen LogP contribution in [0.2, 0.25) is 0 Å². The summed E-state index contributed by atoms with van der Waals surface area (Å²) in [6.07, 6.45) is 0.778. The van der Waals surface area contributed by atoms with Gasteiger partial charge in [0, 0.05) is 23.8 Å². The number of carbonyl (C=O) groups is 1. The van der Waals surface area contributed by atoms with Crippen LogP contribution in [0.5, 0.6) is 5.75 Å². The molecule has 1 aliphatic rings. The van der Waals surface area contributed by atoms with Crippen molar-refractivity contribution >= 4 is 21.6 Å². The number of ether oxygens (including phenoxy) is 1. The molecule has 1 N–H and O–H groups in total. The molecule has 0 unspecified atom stereocenters. The molecular weight excluding hydrogens is 352 g/mol. The number of amides is 1. The van der Waals surface area contributed by atoms with Gasteiger partial charge in [0.1, 0.15) is 10.6 Å². The highest BCUT2D eigenvalue weighted by molar-refractivity contribution is 7.89. The normalized spacial score (nSPS) is 16.4. The van der Waals surface area contributed by atoms with Crippen LogP contribution in [0.25, 0.3) is 0 Å². The van der Waals surface area contributed by atoms with Crippen LogP contribution in [0.15, 0.2) is 47.4 Å². The summed E-state index contributed by atoms with van der Waals surface area (Å²) in [5, 5.41) is 0. The van der Waals surface area contributed by atoms with E-state index in [-0.39, 0.29) is 29.1 Å². The zero-order valence-electron chi connectivity index (χ0n) is 15.0. The molecule has 1 aliphatic heterocycles. The summed E-state index contributed by atoms with van der Waals surface area (Å²) in [5.74, 6) is -0.0181. The molecule has 3 rings (SSSR count). The summed E-state index contributed by atoms with van der Waals surface area (Å²) in [4.78, 5) is 14.8. The Morgan fingerprint density at radius 2 is 2.00 bits per heavy atom. The van der Waals surface area contributed by atoms with Gasteiger partial charge >= 0.3 is 0 Å². The van der Waals surface area contributed by atoms with Crippen molar-refractivity contribution in [2.75, 3.05) is 18.6 Å². The molecule has 1 atom stereocenters. The van der Waals surface area contributed by atoms with E-state index >= 15 is 0 Å². The first-order chi connectivity index (χ1) is 12.4. The van der Waals surface area contributed by atoms with Gasteiger partial charge < -0.3 is 9.64 Å². The highest BCUT2D eigenvalue weighted by Gasteiger charge is 2.32. The van der Waals surface area contributed by atoms with Crippen molar-refractivity contribution < 1.29 is 17.9 Å². The Morgan fingerprint density at radius 3 is 2.69 bits per heavy atom. The van der Waals surface area contributed by atoms with Gasteiger partial charge in [-0.15, -0.1) is 0 Å². The zero-order chi connectivity index (χ0) is 18.9. The second-order valence-electron chi connectivity index (χ2n) is 6.22. The van der Waals surface area contributed by atoms with Gasteiger partial charge in [0.2, 0.25) is 10.0 Å². The number of nitrogens with zero attached hydrogens (tertiary/aromatic N) is 1. The van der Waals surface area contributed by atoms with Crippen LogP contribution in [0, 0.1) is 0 Å². The summed E-state index contributed by atoms with van der Waals surface area (Å²) in [6, 6.07) is 12.3. The lowest BCUT2D eigenvalue weighted by atomic mass is 10.1. The van der Waals surface area contributed by atoms with E-state index in [4.69, 9.17) is 4.74 Å². The molecule has 7 heteroatoms. The third kappa shape index (κ3) is 3.20. The second-order valence-corrected chi connectivity index (χ2v) is 7.96. The molecule has 0 saturated carbocycles. The van der Waals surface area contributed by atoms with Gasteiger partial charge in [-0.05, 0) is 43.2 Å². The van der Waals surface area contributed by atoms with Gasteiger partial charge in [-0.3, -0.25) is 4.79 Å². The van der Waals surface area contributed by atoms with Crippen LogP contribution in [0.3, 0.4) is 0 Å².